The van der Waals surface area contributed by atoms with Gasteiger partial charge in [0.1, 0.15) is 11.5 Å². The molecule has 3 rings (SSSR count). The summed E-state index contributed by atoms with van der Waals surface area (Å²) in [5.74, 6) is -0.0803. The monoisotopic (exact) mass is 456 g/mol. The highest BCUT2D eigenvalue weighted by Gasteiger charge is 2.14. The number of nitrogens with zero attached hydrogens (tertiary/aromatic N) is 1. The fourth-order valence-electron chi connectivity index (χ4n) is 2.33. The number of halogens is 1. The summed E-state index contributed by atoms with van der Waals surface area (Å²) in [5, 5.41) is 3.91. The minimum atomic E-state index is -0.636. The van der Waals surface area contributed by atoms with E-state index in [-0.39, 0.29) is 18.1 Å². The summed E-state index contributed by atoms with van der Waals surface area (Å²) in [6.07, 6.45) is 2.76. The van der Waals surface area contributed by atoms with Gasteiger partial charge >= 0.3 is 5.97 Å². The molecule has 3 aromatic rings. The molecular weight excluding hydrogens is 440 g/mol. The van der Waals surface area contributed by atoms with Crippen LogP contribution >= 0.6 is 15.9 Å². The maximum absolute atomic E-state index is 12.1. The number of nitrogens with one attached hydrogen (secondary N) is 1. The Morgan fingerprint density at radius 1 is 1.14 bits per heavy atom. The largest absolute Gasteiger partial charge is 0.483 e. The lowest BCUT2D eigenvalue weighted by atomic mass is 10.2. The number of hydrogen-bond donors (Lipinski definition) is 1. The maximum Gasteiger partial charge on any atom is 0.379 e. The summed E-state index contributed by atoms with van der Waals surface area (Å²) in [7, 11) is 0. The number of ether oxygens (including phenoxy) is 2. The lowest BCUT2D eigenvalue weighted by Gasteiger charge is -2.08. The molecule has 148 valence electrons. The van der Waals surface area contributed by atoms with Crippen LogP contribution in [0.15, 0.2) is 74.9 Å². The second-order valence-electron chi connectivity index (χ2n) is 5.90. The van der Waals surface area contributed by atoms with Gasteiger partial charge in [0.2, 0.25) is 5.76 Å². The molecule has 29 heavy (non-hydrogen) atoms. The summed E-state index contributed by atoms with van der Waals surface area (Å²) < 4.78 is 16.6. The van der Waals surface area contributed by atoms with Crippen molar-refractivity contribution in [1.82, 2.24) is 5.43 Å². The van der Waals surface area contributed by atoms with Crippen LogP contribution in [0.2, 0.25) is 0 Å². The molecule has 0 unspecified atom stereocenters. The van der Waals surface area contributed by atoms with Crippen LogP contribution in [0, 0.1) is 6.92 Å². The molecule has 0 bridgehead atoms. The molecule has 0 spiro atoms. The van der Waals surface area contributed by atoms with Gasteiger partial charge in [0.25, 0.3) is 5.91 Å². The Kier molecular flexibility index (Phi) is 6.80. The van der Waals surface area contributed by atoms with Crippen molar-refractivity contribution in [3.8, 4) is 11.5 Å². The van der Waals surface area contributed by atoms with Gasteiger partial charge in [-0.25, -0.2) is 10.2 Å². The van der Waals surface area contributed by atoms with E-state index in [4.69, 9.17) is 13.9 Å². The molecule has 0 aliphatic heterocycles. The van der Waals surface area contributed by atoms with E-state index < -0.39 is 11.9 Å². The number of carbonyl (C=O) groups excluding carboxylic acids is 2. The average Bonchev–Trinajstić information content (AvgIpc) is 3.24. The number of benzene rings is 2. The normalized spacial score (nSPS) is 10.7. The smallest absolute Gasteiger partial charge is 0.379 e. The molecule has 2 aromatic carbocycles. The Balaban J connectivity index is 1.60. The molecule has 1 amide bonds. The molecule has 7 nitrogen and oxygen atoms in total. The zero-order valence-corrected chi connectivity index (χ0v) is 17.0. The van der Waals surface area contributed by atoms with Gasteiger partial charge in [-0.2, -0.15) is 5.10 Å². The van der Waals surface area contributed by atoms with Crippen LogP contribution in [-0.4, -0.2) is 24.7 Å². The van der Waals surface area contributed by atoms with Gasteiger partial charge in [-0.05, 0) is 48.9 Å². The number of rotatable bonds is 7. The van der Waals surface area contributed by atoms with E-state index in [1.807, 2.05) is 25.1 Å². The number of amides is 1. The summed E-state index contributed by atoms with van der Waals surface area (Å²) in [5.41, 5.74) is 3.80. The molecule has 1 N–H and O–H groups in total. The quantitative estimate of drug-likeness (QED) is 0.250. The first-order valence-electron chi connectivity index (χ1n) is 8.58. The van der Waals surface area contributed by atoms with Crippen molar-refractivity contribution in [1.29, 1.82) is 0 Å². The zero-order chi connectivity index (χ0) is 20.6. The molecule has 0 aliphatic carbocycles. The highest BCUT2D eigenvalue weighted by Crippen LogP contribution is 2.23. The van der Waals surface area contributed by atoms with E-state index in [0.717, 1.165) is 10.0 Å². The van der Waals surface area contributed by atoms with Crippen LogP contribution in [0.25, 0.3) is 0 Å². The molecular formula is C21H17BrN2O5. The van der Waals surface area contributed by atoms with Crippen molar-refractivity contribution in [3.05, 3.63) is 82.2 Å². The van der Waals surface area contributed by atoms with Gasteiger partial charge in [0.05, 0.1) is 12.5 Å². The second kappa shape index (κ2) is 9.70. The predicted octanol–water partition coefficient (Wildman–Crippen LogP) is 4.10. The van der Waals surface area contributed by atoms with Crippen LogP contribution in [0.1, 0.15) is 21.7 Å². The van der Waals surface area contributed by atoms with E-state index >= 15 is 0 Å². The van der Waals surface area contributed by atoms with Gasteiger partial charge in [-0.3, -0.25) is 4.79 Å². The lowest BCUT2D eigenvalue weighted by Crippen LogP contribution is -2.24. The van der Waals surface area contributed by atoms with Crippen molar-refractivity contribution in [2.75, 3.05) is 6.61 Å². The van der Waals surface area contributed by atoms with E-state index in [0.29, 0.717) is 11.3 Å². The average molecular weight is 457 g/mol. The molecule has 0 saturated carbocycles. The second-order valence-corrected chi connectivity index (χ2v) is 6.81. The fourth-order valence-corrected chi connectivity index (χ4v) is 2.70. The summed E-state index contributed by atoms with van der Waals surface area (Å²) in [4.78, 5) is 24.0. The highest BCUT2D eigenvalue weighted by atomic mass is 79.9. The minimum Gasteiger partial charge on any atom is -0.483 e. The van der Waals surface area contributed by atoms with Gasteiger partial charge < -0.3 is 13.9 Å². The van der Waals surface area contributed by atoms with Crippen LogP contribution in [0.3, 0.4) is 0 Å². The third-order valence-electron chi connectivity index (χ3n) is 3.74. The number of carbonyl (C=O) groups is 2. The Morgan fingerprint density at radius 3 is 2.72 bits per heavy atom. The molecule has 1 aromatic heterocycles. The van der Waals surface area contributed by atoms with Gasteiger partial charge in [-0.15, -0.1) is 0 Å². The van der Waals surface area contributed by atoms with Gasteiger partial charge in [0.15, 0.2) is 6.61 Å². The molecule has 0 aliphatic rings. The fraction of sp³-hybridized carbons (Fsp3) is 0.0952. The van der Waals surface area contributed by atoms with Crippen molar-refractivity contribution >= 4 is 34.0 Å². The molecule has 0 fully saturated rings. The molecule has 1 heterocycles. The van der Waals surface area contributed by atoms with Crippen LogP contribution in [-0.2, 0) is 4.79 Å². The van der Waals surface area contributed by atoms with Gasteiger partial charge in [0, 0.05) is 10.0 Å². The summed E-state index contributed by atoms with van der Waals surface area (Å²) in [6, 6.07) is 15.5. The number of hydrazone groups is 1. The van der Waals surface area contributed by atoms with Crippen LogP contribution < -0.4 is 14.9 Å². The maximum atomic E-state index is 12.1. The third-order valence-corrected chi connectivity index (χ3v) is 4.24. The summed E-state index contributed by atoms with van der Waals surface area (Å²) >= 11 is 3.35. The first-order valence-corrected chi connectivity index (χ1v) is 9.38. The molecule has 8 heteroatoms. The molecule has 0 radical (unpaired) electrons. The number of para-hydroxylation sites is 1. The Hall–Kier alpha value is -3.39. The topological polar surface area (TPSA) is 90.1 Å². The minimum absolute atomic E-state index is 0.0810. The van der Waals surface area contributed by atoms with E-state index in [9.17, 15) is 9.59 Å². The number of furan rings is 1. The Bertz CT molecular complexity index is 1030. The Labute approximate surface area is 175 Å². The first-order chi connectivity index (χ1) is 14.0. The first kappa shape index (κ1) is 20.3. The molecule has 0 saturated heterocycles. The highest BCUT2D eigenvalue weighted by molar-refractivity contribution is 9.10. The SMILES string of the molecule is Cc1ccccc1OCC(=O)N/N=C/c1cc(Br)ccc1OC(=O)c1ccco1. The van der Waals surface area contributed by atoms with Gasteiger partial charge in [-0.1, -0.05) is 34.1 Å². The van der Waals surface area contributed by atoms with E-state index in [1.165, 1.54) is 18.5 Å². The Morgan fingerprint density at radius 2 is 1.97 bits per heavy atom. The number of aryl methyl sites for hydroxylation is 1. The standard InChI is InChI=1S/C21H17BrN2O5/c1-14-5-2-3-6-17(14)28-13-20(25)24-23-12-15-11-16(22)8-9-18(15)29-21(26)19-7-4-10-27-19/h2-12H,13H2,1H3,(H,24,25)/b23-12+. The number of esters is 1. The molecule has 0 atom stereocenters. The zero-order valence-electron chi connectivity index (χ0n) is 15.4. The van der Waals surface area contributed by atoms with E-state index in [2.05, 4.69) is 26.5 Å². The third kappa shape index (κ3) is 5.79. The van der Waals surface area contributed by atoms with Crippen molar-refractivity contribution in [3.63, 3.8) is 0 Å². The van der Waals surface area contributed by atoms with Crippen molar-refractivity contribution < 1.29 is 23.5 Å². The van der Waals surface area contributed by atoms with E-state index in [1.54, 1.807) is 30.3 Å². The van der Waals surface area contributed by atoms with Crippen molar-refractivity contribution in [2.45, 2.75) is 6.92 Å². The van der Waals surface area contributed by atoms with Crippen LogP contribution in [0.5, 0.6) is 11.5 Å². The predicted molar refractivity (Wildman–Crippen MR) is 110 cm³/mol. The van der Waals surface area contributed by atoms with Crippen LogP contribution in [0.4, 0.5) is 0 Å². The summed E-state index contributed by atoms with van der Waals surface area (Å²) in [6.45, 7) is 1.71. The van der Waals surface area contributed by atoms with Crippen molar-refractivity contribution in [2.24, 2.45) is 5.10 Å². The lowest BCUT2D eigenvalue weighted by molar-refractivity contribution is -0.123. The number of hydrogen-bond acceptors (Lipinski definition) is 6.